The number of aromatic nitrogens is 5. The lowest BCUT2D eigenvalue weighted by Gasteiger charge is -2.22. The summed E-state index contributed by atoms with van der Waals surface area (Å²) in [6, 6.07) is 8.17. The molecule has 4 heterocycles. The lowest BCUT2D eigenvalue weighted by Crippen LogP contribution is -2.26. The minimum absolute atomic E-state index is 0.329. The lowest BCUT2D eigenvalue weighted by molar-refractivity contribution is 0.396. The molecule has 4 aromatic rings. The molecule has 1 aliphatic rings. The summed E-state index contributed by atoms with van der Waals surface area (Å²) in [5.74, 6) is 0.919. The van der Waals surface area contributed by atoms with Crippen molar-refractivity contribution in [2.75, 3.05) is 5.32 Å². The predicted molar refractivity (Wildman–Crippen MR) is 127 cm³/mol. The summed E-state index contributed by atoms with van der Waals surface area (Å²) in [5.41, 5.74) is 11.5. The summed E-state index contributed by atoms with van der Waals surface area (Å²) in [4.78, 5) is 22.4. The van der Waals surface area contributed by atoms with Crippen LogP contribution in [0.25, 0.3) is 17.0 Å². The molecule has 0 amide bonds. The minimum Gasteiger partial charge on any atom is -0.354 e. The molecule has 0 spiro atoms. The quantitative estimate of drug-likeness (QED) is 0.456. The minimum atomic E-state index is 0.329. The van der Waals surface area contributed by atoms with Gasteiger partial charge in [-0.15, -0.1) is 0 Å². The molecule has 32 heavy (non-hydrogen) atoms. The van der Waals surface area contributed by atoms with Gasteiger partial charge in [0.25, 0.3) is 0 Å². The summed E-state index contributed by atoms with van der Waals surface area (Å²) in [7, 11) is 0. The normalized spacial score (nSPS) is 18.9. The highest BCUT2D eigenvalue weighted by atomic mass is 15.1. The average molecular weight is 427 g/mol. The molecule has 1 fully saturated rings. The molecule has 0 saturated heterocycles. The first kappa shape index (κ1) is 20.3. The third-order valence-corrected chi connectivity index (χ3v) is 5.89. The molecule has 0 unspecified atom stereocenters. The van der Waals surface area contributed by atoms with Gasteiger partial charge < -0.3 is 11.1 Å². The van der Waals surface area contributed by atoms with E-state index in [0.717, 1.165) is 59.7 Å². The van der Waals surface area contributed by atoms with Crippen molar-refractivity contribution in [3.63, 3.8) is 0 Å². The van der Waals surface area contributed by atoms with Gasteiger partial charge in [-0.1, -0.05) is 0 Å². The monoisotopic (exact) mass is 426 g/mol. The van der Waals surface area contributed by atoms with Crippen LogP contribution in [-0.4, -0.2) is 36.6 Å². The van der Waals surface area contributed by atoms with Gasteiger partial charge >= 0.3 is 0 Å². The van der Waals surface area contributed by atoms with E-state index in [0.29, 0.717) is 17.9 Å². The summed E-state index contributed by atoms with van der Waals surface area (Å²) in [5, 5.41) is 3.40. The van der Waals surface area contributed by atoms with Crippen molar-refractivity contribution < 1.29 is 0 Å². The van der Waals surface area contributed by atoms with E-state index in [-0.39, 0.29) is 0 Å². The van der Waals surface area contributed by atoms with Crippen LogP contribution in [0.2, 0.25) is 0 Å². The third-order valence-electron chi connectivity index (χ3n) is 5.89. The van der Waals surface area contributed by atoms with Crippen molar-refractivity contribution in [2.45, 2.75) is 38.6 Å². The molecule has 8 heteroatoms. The molecular weight excluding hydrogens is 400 g/mol. The van der Waals surface area contributed by atoms with E-state index in [2.05, 4.69) is 25.3 Å². The van der Waals surface area contributed by atoms with Gasteiger partial charge in [0.1, 0.15) is 5.65 Å². The molecule has 3 N–H and O–H groups in total. The molecule has 0 bridgehead atoms. The highest BCUT2D eigenvalue weighted by Crippen LogP contribution is 2.27. The van der Waals surface area contributed by atoms with Gasteiger partial charge in [-0.25, -0.2) is 19.9 Å². The van der Waals surface area contributed by atoms with E-state index < -0.39 is 0 Å². The maximum atomic E-state index is 6.01. The zero-order valence-electron chi connectivity index (χ0n) is 18.0. The van der Waals surface area contributed by atoms with Crippen LogP contribution in [0, 0.1) is 12.8 Å². The highest BCUT2D eigenvalue weighted by Gasteiger charge is 2.17. The van der Waals surface area contributed by atoms with Crippen molar-refractivity contribution in [1.29, 1.82) is 0 Å². The first-order chi connectivity index (χ1) is 15.7. The van der Waals surface area contributed by atoms with Crippen molar-refractivity contribution in [1.82, 2.24) is 24.3 Å². The smallest absolute Gasteiger partial charge is 0.249 e. The number of anilines is 2. The van der Waals surface area contributed by atoms with Gasteiger partial charge in [0, 0.05) is 42.7 Å². The van der Waals surface area contributed by atoms with Crippen LogP contribution in [0.3, 0.4) is 0 Å². The number of hydrogen-bond donors (Lipinski definition) is 2. The molecule has 0 aromatic carbocycles. The summed E-state index contributed by atoms with van der Waals surface area (Å²) in [6.07, 6.45) is 15.5. The Bertz CT molecular complexity index is 1240. The first-order valence-electron chi connectivity index (χ1n) is 10.9. The second-order valence-electron chi connectivity index (χ2n) is 8.30. The molecule has 0 atom stereocenters. The number of nitrogens with one attached hydrogen (secondary N) is 1. The second-order valence-corrected chi connectivity index (χ2v) is 8.30. The molecule has 1 saturated carbocycles. The fourth-order valence-electron chi connectivity index (χ4n) is 4.05. The Morgan fingerprint density at radius 3 is 2.66 bits per heavy atom. The van der Waals surface area contributed by atoms with Gasteiger partial charge in [0.05, 0.1) is 23.3 Å². The fourth-order valence-corrected chi connectivity index (χ4v) is 4.05. The van der Waals surface area contributed by atoms with Crippen molar-refractivity contribution in [2.24, 2.45) is 16.6 Å². The Balaban J connectivity index is 1.44. The Morgan fingerprint density at radius 2 is 1.84 bits per heavy atom. The van der Waals surface area contributed by atoms with Crippen LogP contribution >= 0.6 is 0 Å². The van der Waals surface area contributed by atoms with Crippen LogP contribution in [0.4, 0.5) is 17.3 Å². The van der Waals surface area contributed by atoms with Gasteiger partial charge in [-0.3, -0.25) is 9.38 Å². The predicted octanol–water partition coefficient (Wildman–Crippen LogP) is 4.46. The Morgan fingerprint density at radius 1 is 1.03 bits per heavy atom. The molecule has 162 valence electrons. The van der Waals surface area contributed by atoms with E-state index in [1.54, 1.807) is 12.4 Å². The number of pyridine rings is 2. The number of nitrogens with zero attached hydrogens (tertiary/aromatic N) is 6. The number of hydrogen-bond acceptors (Lipinski definition) is 7. The van der Waals surface area contributed by atoms with E-state index in [1.165, 1.54) is 0 Å². The van der Waals surface area contributed by atoms with Crippen LogP contribution in [0.15, 0.2) is 60.2 Å². The number of rotatable bonds is 5. The Hall–Kier alpha value is -3.65. The molecule has 0 radical (unpaired) electrons. The second kappa shape index (κ2) is 8.84. The largest absolute Gasteiger partial charge is 0.354 e. The van der Waals surface area contributed by atoms with Crippen LogP contribution in [0.5, 0.6) is 0 Å². The zero-order valence-corrected chi connectivity index (χ0v) is 18.0. The topological polar surface area (TPSA) is 106 Å². The summed E-state index contributed by atoms with van der Waals surface area (Å²) < 4.78 is 2.04. The average Bonchev–Trinajstić information content (AvgIpc) is 3.23. The number of aliphatic imine (C=N–C) groups is 1. The van der Waals surface area contributed by atoms with Crippen LogP contribution in [-0.2, 0) is 0 Å². The van der Waals surface area contributed by atoms with Crippen LogP contribution in [0.1, 0.15) is 31.2 Å². The molecule has 0 aliphatic heterocycles. The number of nitrogens with two attached hydrogens (primary N) is 1. The van der Waals surface area contributed by atoms with Crippen molar-refractivity contribution in [3.8, 4) is 11.4 Å². The number of imidazole rings is 1. The standard InChI is InChI=1S/C24H26N8/c1-16-12-28-24(29-13-17-2-4-18(25)5-3-17)31-23(16)21-14-27-22-7-6-20(15-32(21)22)30-19-8-10-26-11-9-19/h6-15,17-18H,2-5,25H2,1H3,(H,26,30)/b29-13+. The zero-order chi connectivity index (χ0) is 21.9. The number of fused-ring (bicyclic) bond motifs is 1. The molecule has 1 aliphatic carbocycles. The summed E-state index contributed by atoms with van der Waals surface area (Å²) in [6.45, 7) is 2.00. The van der Waals surface area contributed by atoms with E-state index in [1.807, 2.05) is 60.4 Å². The molecule has 8 nitrogen and oxygen atoms in total. The third kappa shape index (κ3) is 4.36. The van der Waals surface area contributed by atoms with Crippen molar-refractivity contribution in [3.05, 3.63) is 60.8 Å². The van der Waals surface area contributed by atoms with Gasteiger partial charge in [0.2, 0.25) is 5.95 Å². The SMILES string of the molecule is Cc1cnc(/N=C/C2CCC(N)CC2)nc1-c1cnc2ccc(Nc3ccncc3)cn12. The maximum Gasteiger partial charge on any atom is 0.249 e. The summed E-state index contributed by atoms with van der Waals surface area (Å²) >= 11 is 0. The Labute approximate surface area is 186 Å². The van der Waals surface area contributed by atoms with Gasteiger partial charge in [-0.2, -0.15) is 0 Å². The fraction of sp³-hybridized carbons (Fsp3) is 0.292. The van der Waals surface area contributed by atoms with E-state index in [9.17, 15) is 0 Å². The molecule has 4 aromatic heterocycles. The van der Waals surface area contributed by atoms with Gasteiger partial charge in [-0.05, 0) is 68.4 Å². The van der Waals surface area contributed by atoms with E-state index >= 15 is 0 Å². The maximum absolute atomic E-state index is 6.01. The van der Waals surface area contributed by atoms with Crippen molar-refractivity contribution >= 4 is 29.2 Å². The van der Waals surface area contributed by atoms with E-state index in [4.69, 9.17) is 10.7 Å². The van der Waals surface area contributed by atoms with Gasteiger partial charge in [0.15, 0.2) is 0 Å². The highest BCUT2D eigenvalue weighted by molar-refractivity contribution is 5.68. The molecule has 5 rings (SSSR count). The lowest BCUT2D eigenvalue weighted by atomic mass is 9.87. The first-order valence-corrected chi connectivity index (χ1v) is 10.9. The molecular formula is C24H26N8. The Kier molecular flexibility index (Phi) is 5.60. The number of aryl methyl sites for hydroxylation is 1. The van der Waals surface area contributed by atoms with Crippen LogP contribution < -0.4 is 11.1 Å².